The Labute approximate surface area is 191 Å². The fourth-order valence-electron chi connectivity index (χ4n) is 4.14. The second-order valence-corrected chi connectivity index (χ2v) is 9.64. The molecule has 0 unspecified atom stereocenters. The van der Waals surface area contributed by atoms with E-state index in [9.17, 15) is 13.2 Å². The van der Waals surface area contributed by atoms with Crippen LogP contribution in [0.3, 0.4) is 0 Å². The molecule has 3 rings (SSSR count). The number of rotatable bonds is 10. The molecule has 0 spiro atoms. The number of carbonyl (C=O) groups is 1. The summed E-state index contributed by atoms with van der Waals surface area (Å²) in [6.07, 6.45) is 2.12. The monoisotopic (exact) mass is 459 g/mol. The van der Waals surface area contributed by atoms with Gasteiger partial charge in [0.25, 0.3) is 0 Å². The lowest BCUT2D eigenvalue weighted by molar-refractivity contribution is -0.121. The first-order valence-corrected chi connectivity index (χ1v) is 12.7. The van der Waals surface area contributed by atoms with Gasteiger partial charge in [0, 0.05) is 18.8 Å². The highest BCUT2D eigenvalue weighted by molar-refractivity contribution is 7.89. The molecule has 1 saturated heterocycles. The molecule has 1 atom stereocenters. The van der Waals surface area contributed by atoms with Crippen molar-refractivity contribution in [3.63, 3.8) is 0 Å². The van der Waals surface area contributed by atoms with Crippen LogP contribution >= 0.6 is 0 Å². The zero-order chi connectivity index (χ0) is 23.1. The number of ether oxygens (including phenoxy) is 1. The van der Waals surface area contributed by atoms with Crippen molar-refractivity contribution in [2.45, 2.75) is 44.6 Å². The third kappa shape index (κ3) is 5.31. The highest BCUT2D eigenvalue weighted by Crippen LogP contribution is 2.32. The molecule has 0 bridgehead atoms. The van der Waals surface area contributed by atoms with Crippen molar-refractivity contribution in [1.29, 1.82) is 0 Å². The van der Waals surface area contributed by atoms with Crippen molar-refractivity contribution < 1.29 is 17.9 Å². The van der Waals surface area contributed by atoms with Gasteiger partial charge < -0.3 is 10.1 Å². The molecule has 8 heteroatoms. The fourth-order valence-corrected chi connectivity index (χ4v) is 5.75. The predicted molar refractivity (Wildman–Crippen MR) is 126 cm³/mol. The molecule has 2 aromatic carbocycles. The fraction of sp³-hybridized carbons (Fsp3) is 0.458. The minimum atomic E-state index is -3.75. The van der Waals surface area contributed by atoms with Gasteiger partial charge in [0.2, 0.25) is 15.9 Å². The van der Waals surface area contributed by atoms with Gasteiger partial charge in [-0.3, -0.25) is 9.69 Å². The van der Waals surface area contributed by atoms with E-state index in [1.807, 2.05) is 37.3 Å². The number of hydrogen-bond donors (Lipinski definition) is 1. The van der Waals surface area contributed by atoms with Gasteiger partial charge in [0.1, 0.15) is 16.7 Å². The summed E-state index contributed by atoms with van der Waals surface area (Å²) in [7, 11) is -3.75. The molecule has 0 radical (unpaired) electrons. The normalized spacial score (nSPS) is 15.6. The highest BCUT2D eigenvalue weighted by atomic mass is 32.2. The Morgan fingerprint density at radius 1 is 1.06 bits per heavy atom. The van der Waals surface area contributed by atoms with E-state index >= 15 is 0 Å². The number of anilines is 1. The maximum absolute atomic E-state index is 13.4. The van der Waals surface area contributed by atoms with Gasteiger partial charge >= 0.3 is 0 Å². The molecule has 32 heavy (non-hydrogen) atoms. The Bertz CT molecular complexity index is 1000. The number of carbonyl (C=O) groups excluding carboxylic acids is 1. The Morgan fingerprint density at radius 3 is 2.31 bits per heavy atom. The van der Waals surface area contributed by atoms with Crippen LogP contribution in [0.4, 0.5) is 5.69 Å². The number of benzene rings is 2. The quantitative estimate of drug-likeness (QED) is 0.583. The van der Waals surface area contributed by atoms with Crippen LogP contribution in [0.5, 0.6) is 5.75 Å². The minimum Gasteiger partial charge on any atom is -0.492 e. The number of nitrogens with zero attached hydrogens (tertiary/aromatic N) is 2. The van der Waals surface area contributed by atoms with Crippen LogP contribution in [0.25, 0.3) is 0 Å². The first-order chi connectivity index (χ1) is 15.4. The van der Waals surface area contributed by atoms with Crippen molar-refractivity contribution in [3.8, 4) is 5.75 Å². The third-order valence-electron chi connectivity index (χ3n) is 5.70. The molecule has 0 aliphatic carbocycles. The number of amides is 1. The standard InChI is InChI=1S/C24H33N3O4S/c1-4-27(5-2)32(29,30)22-18-20(14-15-21(22)31-6-3)25-24(28)23(26-16-10-11-17-26)19-12-8-7-9-13-19/h7-9,12-15,18,23H,4-6,10-11,16-17H2,1-3H3,(H,25,28)/t23-/m1/s1. The van der Waals surface area contributed by atoms with Crippen LogP contribution in [0, 0.1) is 0 Å². The van der Waals surface area contributed by atoms with Crippen LogP contribution in [0.1, 0.15) is 45.2 Å². The van der Waals surface area contributed by atoms with E-state index in [1.54, 1.807) is 26.0 Å². The summed E-state index contributed by atoms with van der Waals surface area (Å²) in [6.45, 7) is 8.18. The lowest BCUT2D eigenvalue weighted by Gasteiger charge is -2.27. The summed E-state index contributed by atoms with van der Waals surface area (Å²) in [5.74, 6) is 0.116. The summed E-state index contributed by atoms with van der Waals surface area (Å²) in [6, 6.07) is 14.1. The SMILES string of the molecule is CCOc1ccc(NC(=O)[C@@H](c2ccccc2)N2CCCC2)cc1S(=O)(=O)N(CC)CC. The van der Waals surface area contributed by atoms with Crippen LogP contribution in [-0.2, 0) is 14.8 Å². The molecule has 1 heterocycles. The lowest BCUT2D eigenvalue weighted by Crippen LogP contribution is -2.35. The molecule has 0 saturated carbocycles. The predicted octanol–water partition coefficient (Wildman–Crippen LogP) is 3.89. The van der Waals surface area contributed by atoms with E-state index in [0.717, 1.165) is 31.5 Å². The Hall–Kier alpha value is -2.42. The third-order valence-corrected chi connectivity index (χ3v) is 7.77. The molecule has 0 aromatic heterocycles. The number of hydrogen-bond acceptors (Lipinski definition) is 5. The summed E-state index contributed by atoms with van der Waals surface area (Å²) in [4.78, 5) is 15.6. The van der Waals surface area contributed by atoms with Crippen molar-refractivity contribution in [2.75, 3.05) is 38.1 Å². The van der Waals surface area contributed by atoms with Crippen LogP contribution < -0.4 is 10.1 Å². The molecule has 1 aliphatic heterocycles. The zero-order valence-corrected chi connectivity index (χ0v) is 19.9. The summed E-state index contributed by atoms with van der Waals surface area (Å²) >= 11 is 0. The molecule has 1 aliphatic rings. The Kier molecular flexibility index (Phi) is 8.28. The van der Waals surface area contributed by atoms with E-state index in [2.05, 4.69) is 10.2 Å². The van der Waals surface area contributed by atoms with E-state index in [0.29, 0.717) is 25.4 Å². The highest BCUT2D eigenvalue weighted by Gasteiger charge is 2.31. The van der Waals surface area contributed by atoms with E-state index in [4.69, 9.17) is 4.74 Å². The van der Waals surface area contributed by atoms with E-state index in [1.165, 1.54) is 10.4 Å². The second-order valence-electron chi connectivity index (χ2n) is 7.73. The van der Waals surface area contributed by atoms with E-state index in [-0.39, 0.29) is 16.6 Å². The van der Waals surface area contributed by atoms with Gasteiger partial charge in [-0.1, -0.05) is 44.2 Å². The van der Waals surface area contributed by atoms with Crippen molar-refractivity contribution in [1.82, 2.24) is 9.21 Å². The summed E-state index contributed by atoms with van der Waals surface area (Å²) < 4.78 is 33.4. The molecular weight excluding hydrogens is 426 g/mol. The maximum atomic E-state index is 13.4. The topological polar surface area (TPSA) is 79.0 Å². The van der Waals surface area contributed by atoms with Gasteiger partial charge in [0.05, 0.1) is 6.61 Å². The van der Waals surface area contributed by atoms with Crippen molar-refractivity contribution in [2.24, 2.45) is 0 Å². The first-order valence-electron chi connectivity index (χ1n) is 11.3. The number of nitrogens with one attached hydrogen (secondary N) is 1. The van der Waals surface area contributed by atoms with Crippen LogP contribution in [0.2, 0.25) is 0 Å². The summed E-state index contributed by atoms with van der Waals surface area (Å²) in [5, 5.41) is 2.96. The Morgan fingerprint density at radius 2 is 1.72 bits per heavy atom. The Balaban J connectivity index is 1.94. The van der Waals surface area contributed by atoms with Crippen molar-refractivity contribution >= 4 is 21.6 Å². The number of sulfonamides is 1. The molecule has 2 aromatic rings. The van der Waals surface area contributed by atoms with Gasteiger partial charge in [-0.25, -0.2) is 8.42 Å². The van der Waals surface area contributed by atoms with Crippen LogP contribution in [0.15, 0.2) is 53.4 Å². The van der Waals surface area contributed by atoms with Gasteiger partial charge in [0.15, 0.2) is 0 Å². The average molecular weight is 460 g/mol. The maximum Gasteiger partial charge on any atom is 0.246 e. The molecule has 1 fully saturated rings. The molecule has 1 N–H and O–H groups in total. The molecule has 174 valence electrons. The zero-order valence-electron chi connectivity index (χ0n) is 19.1. The van der Waals surface area contributed by atoms with E-state index < -0.39 is 16.1 Å². The van der Waals surface area contributed by atoms with Gasteiger partial charge in [-0.05, 0) is 56.6 Å². The summed E-state index contributed by atoms with van der Waals surface area (Å²) in [5.41, 5.74) is 1.36. The molecular formula is C24H33N3O4S. The average Bonchev–Trinajstić information content (AvgIpc) is 3.30. The van der Waals surface area contributed by atoms with Gasteiger partial charge in [-0.15, -0.1) is 0 Å². The largest absolute Gasteiger partial charge is 0.492 e. The first kappa shape index (κ1) is 24.2. The van der Waals surface area contributed by atoms with Gasteiger partial charge in [-0.2, -0.15) is 4.31 Å². The lowest BCUT2D eigenvalue weighted by atomic mass is 10.0. The van der Waals surface area contributed by atoms with Crippen molar-refractivity contribution in [3.05, 3.63) is 54.1 Å². The smallest absolute Gasteiger partial charge is 0.246 e. The molecule has 1 amide bonds. The number of likely N-dealkylation sites (tertiary alicyclic amines) is 1. The molecule has 7 nitrogen and oxygen atoms in total. The minimum absolute atomic E-state index is 0.0679. The van der Waals surface area contributed by atoms with Crippen LogP contribution in [-0.4, -0.2) is 56.3 Å². The second kappa shape index (κ2) is 10.9.